The molecule has 1 unspecified atom stereocenters. The van der Waals surface area contributed by atoms with E-state index in [1.807, 2.05) is 18.4 Å². The maximum Gasteiger partial charge on any atom is 0.268 e. The van der Waals surface area contributed by atoms with Gasteiger partial charge in [0.15, 0.2) is 0 Å². The van der Waals surface area contributed by atoms with E-state index in [0.29, 0.717) is 17.8 Å². The van der Waals surface area contributed by atoms with Gasteiger partial charge in [0.05, 0.1) is 5.69 Å². The molecule has 96 valence electrons. The number of carbonyl (C=O) groups excluding carboxylic acids is 1. The van der Waals surface area contributed by atoms with Gasteiger partial charge in [0.1, 0.15) is 5.69 Å². The summed E-state index contributed by atoms with van der Waals surface area (Å²) in [5.74, 6) is -0.142. The molecule has 0 saturated carbocycles. The van der Waals surface area contributed by atoms with Crippen molar-refractivity contribution in [3.63, 3.8) is 0 Å². The molecule has 0 radical (unpaired) electrons. The molecule has 0 bridgehead atoms. The zero-order chi connectivity index (χ0) is 12.8. The van der Waals surface area contributed by atoms with Gasteiger partial charge in [-0.3, -0.25) is 4.79 Å². The van der Waals surface area contributed by atoms with E-state index in [4.69, 9.17) is 10.8 Å². The molecular formula is C12H21N3O2. The second-order valence-corrected chi connectivity index (χ2v) is 4.24. The van der Waals surface area contributed by atoms with Gasteiger partial charge >= 0.3 is 0 Å². The average molecular weight is 239 g/mol. The molecule has 1 heterocycles. The predicted octanol–water partition coefficient (Wildman–Crippen LogP) is 0.981. The first-order valence-corrected chi connectivity index (χ1v) is 5.95. The lowest BCUT2D eigenvalue weighted by molar-refractivity contribution is 0.0925. The standard InChI is InChI=1S/C12H21N3O2/c1-3-5-15-8-10(13)7-11(15)12(17)14-9(2)4-6-16/h7-9,16H,3-6,13H2,1-2H3,(H,14,17). The normalized spacial score (nSPS) is 12.4. The van der Waals surface area contributed by atoms with Gasteiger partial charge in [-0.25, -0.2) is 0 Å². The van der Waals surface area contributed by atoms with Gasteiger partial charge in [-0.05, 0) is 25.8 Å². The lowest BCUT2D eigenvalue weighted by Crippen LogP contribution is -2.34. The highest BCUT2D eigenvalue weighted by atomic mass is 16.3. The smallest absolute Gasteiger partial charge is 0.268 e. The van der Waals surface area contributed by atoms with Crippen molar-refractivity contribution in [1.82, 2.24) is 9.88 Å². The summed E-state index contributed by atoms with van der Waals surface area (Å²) in [4.78, 5) is 12.0. The average Bonchev–Trinajstić information content (AvgIpc) is 2.60. The SMILES string of the molecule is CCCn1cc(N)cc1C(=O)NC(C)CCO. The molecular weight excluding hydrogens is 218 g/mol. The van der Waals surface area contributed by atoms with Gasteiger partial charge in [-0.15, -0.1) is 0 Å². The van der Waals surface area contributed by atoms with Crippen LogP contribution < -0.4 is 11.1 Å². The third-order valence-electron chi connectivity index (χ3n) is 2.55. The molecule has 17 heavy (non-hydrogen) atoms. The number of amides is 1. The minimum Gasteiger partial charge on any atom is -0.397 e. The number of nitrogens with one attached hydrogen (secondary N) is 1. The third-order valence-corrected chi connectivity index (χ3v) is 2.55. The monoisotopic (exact) mass is 239 g/mol. The highest BCUT2D eigenvalue weighted by molar-refractivity contribution is 5.94. The van der Waals surface area contributed by atoms with Gasteiger partial charge < -0.3 is 20.7 Å². The Morgan fingerprint density at radius 2 is 2.35 bits per heavy atom. The van der Waals surface area contributed by atoms with E-state index < -0.39 is 0 Å². The second-order valence-electron chi connectivity index (χ2n) is 4.24. The molecule has 0 aromatic carbocycles. The molecule has 1 amide bonds. The van der Waals surface area contributed by atoms with Crippen molar-refractivity contribution >= 4 is 11.6 Å². The van der Waals surface area contributed by atoms with Crippen molar-refractivity contribution in [1.29, 1.82) is 0 Å². The van der Waals surface area contributed by atoms with Crippen molar-refractivity contribution in [2.75, 3.05) is 12.3 Å². The van der Waals surface area contributed by atoms with Crippen molar-refractivity contribution < 1.29 is 9.90 Å². The van der Waals surface area contributed by atoms with Crippen molar-refractivity contribution in [3.8, 4) is 0 Å². The number of nitrogens with zero attached hydrogens (tertiary/aromatic N) is 1. The lowest BCUT2D eigenvalue weighted by Gasteiger charge is -2.13. The largest absolute Gasteiger partial charge is 0.397 e. The first-order chi connectivity index (χ1) is 8.08. The Balaban J connectivity index is 2.73. The molecule has 0 aliphatic rings. The van der Waals surface area contributed by atoms with Crippen LogP contribution in [0.2, 0.25) is 0 Å². The van der Waals surface area contributed by atoms with Crippen LogP contribution in [0.5, 0.6) is 0 Å². The van der Waals surface area contributed by atoms with Gasteiger partial charge in [0.25, 0.3) is 5.91 Å². The van der Waals surface area contributed by atoms with E-state index in [-0.39, 0.29) is 18.6 Å². The number of aryl methyl sites for hydroxylation is 1. The molecule has 0 saturated heterocycles. The minimum absolute atomic E-state index is 0.0429. The molecule has 0 fully saturated rings. The molecule has 1 aromatic rings. The Bertz CT molecular complexity index is 374. The number of nitrogen functional groups attached to an aromatic ring is 1. The van der Waals surface area contributed by atoms with Crippen LogP contribution in [0.15, 0.2) is 12.3 Å². The topological polar surface area (TPSA) is 80.3 Å². The highest BCUT2D eigenvalue weighted by Crippen LogP contribution is 2.11. The van der Waals surface area contributed by atoms with E-state index in [2.05, 4.69) is 5.32 Å². The van der Waals surface area contributed by atoms with Crippen LogP contribution in [0.4, 0.5) is 5.69 Å². The number of carbonyl (C=O) groups is 1. The summed E-state index contributed by atoms with van der Waals surface area (Å²) in [5, 5.41) is 11.6. The van der Waals surface area contributed by atoms with Crippen molar-refractivity contribution in [3.05, 3.63) is 18.0 Å². The molecule has 4 N–H and O–H groups in total. The Morgan fingerprint density at radius 1 is 1.65 bits per heavy atom. The fourth-order valence-electron chi connectivity index (χ4n) is 1.71. The van der Waals surface area contributed by atoms with Gasteiger partial charge in [-0.2, -0.15) is 0 Å². The maximum atomic E-state index is 12.0. The summed E-state index contributed by atoms with van der Waals surface area (Å²) in [5.41, 5.74) is 6.87. The second kappa shape index (κ2) is 6.30. The fraction of sp³-hybridized carbons (Fsp3) is 0.583. The Hall–Kier alpha value is -1.49. The lowest BCUT2D eigenvalue weighted by atomic mass is 10.2. The fourth-order valence-corrected chi connectivity index (χ4v) is 1.71. The van der Waals surface area contributed by atoms with Crippen LogP contribution in [-0.2, 0) is 6.54 Å². The van der Waals surface area contributed by atoms with Crippen LogP contribution in [0.25, 0.3) is 0 Å². The van der Waals surface area contributed by atoms with E-state index in [1.165, 1.54) is 0 Å². The van der Waals surface area contributed by atoms with Gasteiger partial charge in [0, 0.05) is 25.4 Å². The van der Waals surface area contributed by atoms with Crippen molar-refractivity contribution in [2.24, 2.45) is 0 Å². The molecule has 1 atom stereocenters. The molecule has 0 spiro atoms. The van der Waals surface area contributed by atoms with E-state index in [0.717, 1.165) is 13.0 Å². The maximum absolute atomic E-state index is 12.0. The molecule has 1 rings (SSSR count). The quantitative estimate of drug-likeness (QED) is 0.692. The highest BCUT2D eigenvalue weighted by Gasteiger charge is 2.14. The molecule has 1 aromatic heterocycles. The summed E-state index contributed by atoms with van der Waals surface area (Å²) < 4.78 is 1.86. The van der Waals surface area contributed by atoms with E-state index in [9.17, 15) is 4.79 Å². The summed E-state index contributed by atoms with van der Waals surface area (Å²) in [7, 11) is 0. The van der Waals surface area contributed by atoms with Crippen LogP contribution in [0.1, 0.15) is 37.2 Å². The first-order valence-electron chi connectivity index (χ1n) is 5.95. The number of aliphatic hydroxyl groups excluding tert-OH is 1. The number of hydrogen-bond acceptors (Lipinski definition) is 3. The summed E-state index contributed by atoms with van der Waals surface area (Å²) in [6.45, 7) is 4.75. The Labute approximate surface area is 102 Å². The van der Waals surface area contributed by atoms with Crippen molar-refractivity contribution in [2.45, 2.75) is 39.3 Å². The van der Waals surface area contributed by atoms with E-state index >= 15 is 0 Å². The number of hydrogen-bond donors (Lipinski definition) is 3. The number of nitrogens with two attached hydrogens (primary N) is 1. The molecule has 0 aliphatic heterocycles. The number of aliphatic hydroxyl groups is 1. The third kappa shape index (κ3) is 3.78. The molecule has 5 heteroatoms. The summed E-state index contributed by atoms with van der Waals surface area (Å²) in [6, 6.07) is 1.63. The van der Waals surface area contributed by atoms with Gasteiger partial charge in [-0.1, -0.05) is 6.92 Å². The zero-order valence-electron chi connectivity index (χ0n) is 10.4. The number of rotatable bonds is 6. The van der Waals surface area contributed by atoms with Crippen LogP contribution in [-0.4, -0.2) is 28.2 Å². The summed E-state index contributed by atoms with van der Waals surface area (Å²) in [6.07, 6.45) is 3.27. The zero-order valence-corrected chi connectivity index (χ0v) is 10.4. The van der Waals surface area contributed by atoms with Crippen LogP contribution >= 0.6 is 0 Å². The Kier molecular flexibility index (Phi) is 5.03. The number of aromatic nitrogens is 1. The first kappa shape index (κ1) is 13.6. The predicted molar refractivity (Wildman–Crippen MR) is 67.8 cm³/mol. The molecule has 5 nitrogen and oxygen atoms in total. The van der Waals surface area contributed by atoms with Gasteiger partial charge in [0.2, 0.25) is 0 Å². The number of anilines is 1. The van der Waals surface area contributed by atoms with Crippen LogP contribution in [0.3, 0.4) is 0 Å². The van der Waals surface area contributed by atoms with E-state index in [1.54, 1.807) is 12.3 Å². The van der Waals surface area contributed by atoms with Crippen LogP contribution in [0, 0.1) is 0 Å². The minimum atomic E-state index is -0.142. The Morgan fingerprint density at radius 3 is 2.94 bits per heavy atom. The molecule has 0 aliphatic carbocycles. The summed E-state index contributed by atoms with van der Waals surface area (Å²) >= 11 is 0.